The summed E-state index contributed by atoms with van der Waals surface area (Å²) < 4.78 is 2.13. The van der Waals surface area contributed by atoms with Gasteiger partial charge in [0, 0.05) is 37.6 Å². The first-order chi connectivity index (χ1) is 12.8. The molecule has 0 spiro atoms. The normalized spacial score (nSPS) is 11.0. The Balaban J connectivity index is 0.00000261. The molecule has 1 heterocycles. The van der Waals surface area contributed by atoms with Gasteiger partial charge < -0.3 is 15.2 Å². The first-order valence-corrected chi connectivity index (χ1v) is 8.86. The van der Waals surface area contributed by atoms with E-state index in [-0.39, 0.29) is 24.0 Å². The first-order valence-electron chi connectivity index (χ1n) is 8.48. The summed E-state index contributed by atoms with van der Waals surface area (Å²) in [5.74, 6) is 1.66. The van der Waals surface area contributed by atoms with Crippen molar-refractivity contribution in [3.8, 4) is 0 Å². The quantitative estimate of drug-likeness (QED) is 0.308. The number of benzene rings is 2. The van der Waals surface area contributed by atoms with Crippen molar-refractivity contribution in [3.63, 3.8) is 0 Å². The lowest BCUT2D eigenvalue weighted by atomic mass is 10.2. The number of hydrogen-bond donors (Lipinski definition) is 2. The first kappa shape index (κ1) is 21.2. The zero-order chi connectivity index (χ0) is 18.2. The van der Waals surface area contributed by atoms with Crippen molar-refractivity contribution in [3.05, 3.63) is 89.0 Å². The molecule has 0 bridgehead atoms. The Kier molecular flexibility index (Phi) is 8.60. The van der Waals surface area contributed by atoms with Gasteiger partial charge in [-0.15, -0.1) is 24.0 Å². The summed E-state index contributed by atoms with van der Waals surface area (Å²) in [6.45, 7) is 1.99. The van der Waals surface area contributed by atoms with Gasteiger partial charge in [0.1, 0.15) is 5.82 Å². The molecule has 0 atom stereocenters. The number of rotatable bonds is 6. The number of guanidine groups is 1. The number of halogens is 2. The molecule has 0 aliphatic rings. The molecule has 0 aliphatic heterocycles. The van der Waals surface area contributed by atoms with E-state index in [1.807, 2.05) is 54.9 Å². The summed E-state index contributed by atoms with van der Waals surface area (Å²) in [5, 5.41) is 7.32. The van der Waals surface area contributed by atoms with Crippen LogP contribution < -0.4 is 10.6 Å². The molecule has 0 saturated heterocycles. The predicted octanol–water partition coefficient (Wildman–Crippen LogP) is 4.07. The highest BCUT2D eigenvalue weighted by molar-refractivity contribution is 14.0. The Morgan fingerprint density at radius 2 is 1.74 bits per heavy atom. The molecule has 2 N–H and O–H groups in total. The molecule has 0 radical (unpaired) electrons. The maximum Gasteiger partial charge on any atom is 0.191 e. The number of aliphatic imine (C=N–C) groups is 1. The fourth-order valence-corrected chi connectivity index (χ4v) is 2.84. The van der Waals surface area contributed by atoms with Gasteiger partial charge >= 0.3 is 0 Å². The van der Waals surface area contributed by atoms with E-state index in [2.05, 4.69) is 37.3 Å². The van der Waals surface area contributed by atoms with Gasteiger partial charge in [0.2, 0.25) is 0 Å². The van der Waals surface area contributed by atoms with Gasteiger partial charge in [-0.3, -0.25) is 4.99 Å². The van der Waals surface area contributed by atoms with Crippen LogP contribution in [0, 0.1) is 0 Å². The van der Waals surface area contributed by atoms with E-state index in [1.165, 1.54) is 5.56 Å². The minimum Gasteiger partial charge on any atom is -0.352 e. The molecule has 142 valence electrons. The van der Waals surface area contributed by atoms with Crippen molar-refractivity contribution in [1.29, 1.82) is 0 Å². The molecular formula is C20H23ClIN5. The monoisotopic (exact) mass is 495 g/mol. The van der Waals surface area contributed by atoms with Crippen LogP contribution in [0.25, 0.3) is 0 Å². The smallest absolute Gasteiger partial charge is 0.191 e. The van der Waals surface area contributed by atoms with Gasteiger partial charge in [0.05, 0.1) is 6.54 Å². The standard InChI is InChI=1S/C20H22ClN5.HI/c1-22-20(24-13-17-9-5-6-10-18(17)21)25-14-19-23-11-12-26(19)15-16-7-3-2-4-8-16;/h2-12H,13-15H2,1H3,(H2,22,24,25);1H. The van der Waals surface area contributed by atoms with E-state index in [1.54, 1.807) is 7.05 Å². The van der Waals surface area contributed by atoms with Crippen LogP contribution in [0.3, 0.4) is 0 Å². The van der Waals surface area contributed by atoms with Crippen molar-refractivity contribution in [2.75, 3.05) is 7.05 Å². The maximum absolute atomic E-state index is 6.19. The Morgan fingerprint density at radius 1 is 1.04 bits per heavy atom. The Hall–Kier alpha value is -2.06. The second-order valence-electron chi connectivity index (χ2n) is 5.83. The third-order valence-corrected chi connectivity index (χ3v) is 4.41. The van der Waals surface area contributed by atoms with Gasteiger partial charge in [-0.05, 0) is 17.2 Å². The number of hydrogen-bond acceptors (Lipinski definition) is 2. The molecule has 0 unspecified atom stereocenters. The average Bonchev–Trinajstić information content (AvgIpc) is 3.11. The topological polar surface area (TPSA) is 54.2 Å². The van der Waals surface area contributed by atoms with E-state index < -0.39 is 0 Å². The summed E-state index contributed by atoms with van der Waals surface area (Å²) in [4.78, 5) is 8.71. The zero-order valence-corrected chi connectivity index (χ0v) is 18.2. The maximum atomic E-state index is 6.19. The van der Waals surface area contributed by atoms with Gasteiger partial charge in [-0.2, -0.15) is 0 Å². The predicted molar refractivity (Wildman–Crippen MR) is 122 cm³/mol. The van der Waals surface area contributed by atoms with Crippen LogP contribution in [-0.4, -0.2) is 22.6 Å². The molecule has 2 aromatic carbocycles. The number of nitrogens with zero attached hydrogens (tertiary/aromatic N) is 3. The minimum absolute atomic E-state index is 0. The molecule has 7 heteroatoms. The highest BCUT2D eigenvalue weighted by Crippen LogP contribution is 2.14. The Labute approximate surface area is 181 Å². The Morgan fingerprint density at radius 3 is 2.48 bits per heavy atom. The summed E-state index contributed by atoms with van der Waals surface area (Å²) in [6, 6.07) is 18.1. The van der Waals surface area contributed by atoms with E-state index in [0.717, 1.165) is 23.0 Å². The molecule has 5 nitrogen and oxygen atoms in total. The van der Waals surface area contributed by atoms with E-state index >= 15 is 0 Å². The summed E-state index contributed by atoms with van der Waals surface area (Å²) in [6.07, 6.45) is 3.81. The lowest BCUT2D eigenvalue weighted by Crippen LogP contribution is -2.37. The highest BCUT2D eigenvalue weighted by Gasteiger charge is 2.06. The molecule has 1 aromatic heterocycles. The largest absolute Gasteiger partial charge is 0.352 e. The summed E-state index contributed by atoms with van der Waals surface area (Å²) in [5.41, 5.74) is 2.27. The van der Waals surface area contributed by atoms with Gasteiger partial charge in [-0.1, -0.05) is 60.1 Å². The lowest BCUT2D eigenvalue weighted by molar-refractivity contribution is 0.688. The molecule has 3 aromatic rings. The summed E-state index contributed by atoms with van der Waals surface area (Å²) >= 11 is 6.19. The van der Waals surface area contributed by atoms with Gasteiger partial charge in [-0.25, -0.2) is 4.98 Å². The minimum atomic E-state index is 0. The summed E-state index contributed by atoms with van der Waals surface area (Å²) in [7, 11) is 1.75. The van der Waals surface area contributed by atoms with Crippen LogP contribution in [0.4, 0.5) is 0 Å². The van der Waals surface area contributed by atoms with Crippen molar-refractivity contribution in [2.45, 2.75) is 19.6 Å². The average molecular weight is 496 g/mol. The van der Waals surface area contributed by atoms with Crippen molar-refractivity contribution in [1.82, 2.24) is 20.2 Å². The molecule has 3 rings (SSSR count). The van der Waals surface area contributed by atoms with Crippen LogP contribution in [0.15, 0.2) is 72.0 Å². The molecule has 0 fully saturated rings. The van der Waals surface area contributed by atoms with Gasteiger partial charge in [0.25, 0.3) is 0 Å². The van der Waals surface area contributed by atoms with E-state index in [4.69, 9.17) is 11.6 Å². The molecular weight excluding hydrogens is 473 g/mol. The second kappa shape index (κ2) is 10.9. The fraction of sp³-hybridized carbons (Fsp3) is 0.200. The molecule has 0 saturated carbocycles. The third kappa shape index (κ3) is 6.25. The number of aromatic nitrogens is 2. The number of nitrogens with one attached hydrogen (secondary N) is 2. The van der Waals surface area contributed by atoms with Gasteiger partial charge in [0.15, 0.2) is 5.96 Å². The van der Waals surface area contributed by atoms with E-state index in [0.29, 0.717) is 19.0 Å². The SMILES string of the molecule is CN=C(NCc1ccccc1Cl)NCc1nccn1Cc1ccccc1.I. The molecule has 0 aliphatic carbocycles. The van der Waals surface area contributed by atoms with Crippen LogP contribution in [0.1, 0.15) is 17.0 Å². The van der Waals surface area contributed by atoms with Crippen LogP contribution in [-0.2, 0) is 19.6 Å². The second-order valence-corrected chi connectivity index (χ2v) is 6.23. The molecule has 27 heavy (non-hydrogen) atoms. The van der Waals surface area contributed by atoms with Crippen LogP contribution >= 0.6 is 35.6 Å². The fourth-order valence-electron chi connectivity index (χ4n) is 2.64. The molecule has 0 amide bonds. The van der Waals surface area contributed by atoms with Crippen molar-refractivity contribution in [2.24, 2.45) is 4.99 Å². The zero-order valence-electron chi connectivity index (χ0n) is 15.1. The lowest BCUT2D eigenvalue weighted by Gasteiger charge is -2.13. The highest BCUT2D eigenvalue weighted by atomic mass is 127. The van der Waals surface area contributed by atoms with Crippen LogP contribution in [0.5, 0.6) is 0 Å². The van der Waals surface area contributed by atoms with Crippen molar-refractivity contribution >= 4 is 41.5 Å². The van der Waals surface area contributed by atoms with E-state index in [9.17, 15) is 0 Å². The third-order valence-electron chi connectivity index (χ3n) is 4.04. The Bertz CT molecular complexity index is 864. The van der Waals surface area contributed by atoms with Crippen LogP contribution in [0.2, 0.25) is 5.02 Å². The van der Waals surface area contributed by atoms with Crippen molar-refractivity contribution < 1.29 is 0 Å². The number of imidazole rings is 1.